The van der Waals surface area contributed by atoms with Crippen LogP contribution in [0, 0.1) is 11.8 Å². The number of hydrogen-bond acceptors (Lipinski definition) is 4. The molecule has 1 saturated heterocycles. The van der Waals surface area contributed by atoms with E-state index in [1.165, 1.54) is 0 Å². The van der Waals surface area contributed by atoms with Gasteiger partial charge in [0.2, 0.25) is 0 Å². The Hall–Kier alpha value is -3.08. The van der Waals surface area contributed by atoms with Gasteiger partial charge in [0.25, 0.3) is 0 Å². The monoisotopic (exact) mass is 440 g/mol. The first-order valence-corrected chi connectivity index (χ1v) is 11.6. The van der Waals surface area contributed by atoms with Gasteiger partial charge in [-0.15, -0.1) is 0 Å². The summed E-state index contributed by atoms with van der Waals surface area (Å²) in [5.74, 6) is -0.510. The minimum absolute atomic E-state index is 0.116. The fourth-order valence-corrected chi connectivity index (χ4v) is 4.93. The molecule has 0 N–H and O–H groups in total. The van der Waals surface area contributed by atoms with E-state index in [1.807, 2.05) is 78.9 Å². The van der Waals surface area contributed by atoms with Gasteiger partial charge in [0.1, 0.15) is 0 Å². The summed E-state index contributed by atoms with van der Waals surface area (Å²) in [7, 11) is 4.10. The van der Waals surface area contributed by atoms with Gasteiger partial charge in [-0.25, -0.2) is 0 Å². The lowest BCUT2D eigenvalue weighted by molar-refractivity contribution is 0.0560. The summed E-state index contributed by atoms with van der Waals surface area (Å²) in [6.45, 7) is 3.01. The Morgan fingerprint density at radius 3 is 1.58 bits per heavy atom. The number of rotatable bonds is 8. The number of likely N-dealkylation sites (tertiary alicyclic amines) is 1. The van der Waals surface area contributed by atoms with Crippen LogP contribution in [0.5, 0.6) is 0 Å². The first kappa shape index (κ1) is 23.1. The van der Waals surface area contributed by atoms with E-state index in [1.54, 1.807) is 0 Å². The molecule has 4 nitrogen and oxygen atoms in total. The van der Waals surface area contributed by atoms with E-state index in [4.69, 9.17) is 0 Å². The molecule has 0 amide bonds. The summed E-state index contributed by atoms with van der Waals surface area (Å²) in [6.07, 6.45) is 0. The normalized spacial score (nSPS) is 21.1. The average Bonchev–Trinajstić information content (AvgIpc) is 2.87. The van der Waals surface area contributed by atoms with Crippen LogP contribution >= 0.6 is 0 Å². The second kappa shape index (κ2) is 10.7. The topological polar surface area (TPSA) is 40.6 Å². The van der Waals surface area contributed by atoms with E-state index in [-0.39, 0.29) is 29.3 Å². The molecule has 0 saturated carbocycles. The van der Waals surface area contributed by atoms with Gasteiger partial charge in [0.15, 0.2) is 11.6 Å². The summed E-state index contributed by atoms with van der Waals surface area (Å²) in [5.41, 5.74) is 2.49. The van der Waals surface area contributed by atoms with Crippen LogP contribution in [0.2, 0.25) is 0 Å². The third-order valence-corrected chi connectivity index (χ3v) is 6.61. The molecule has 4 heteroatoms. The van der Waals surface area contributed by atoms with E-state index in [9.17, 15) is 9.59 Å². The van der Waals surface area contributed by atoms with Crippen molar-refractivity contribution >= 4 is 11.6 Å². The molecule has 0 radical (unpaired) electrons. The first-order valence-electron chi connectivity index (χ1n) is 11.6. The number of benzene rings is 3. The summed E-state index contributed by atoms with van der Waals surface area (Å²) >= 11 is 0. The van der Waals surface area contributed by atoms with Crippen LogP contribution in [-0.2, 0) is 0 Å². The Kier molecular flexibility index (Phi) is 7.48. The van der Waals surface area contributed by atoms with Crippen LogP contribution < -0.4 is 0 Å². The van der Waals surface area contributed by atoms with Crippen LogP contribution in [0.25, 0.3) is 0 Å². The molecule has 0 unspecified atom stereocenters. The highest BCUT2D eigenvalue weighted by molar-refractivity contribution is 6.02. The van der Waals surface area contributed by atoms with Gasteiger partial charge in [0.05, 0.1) is 0 Å². The van der Waals surface area contributed by atoms with Crippen molar-refractivity contribution in [1.29, 1.82) is 0 Å². The summed E-state index contributed by atoms with van der Waals surface area (Å²) < 4.78 is 0. The fourth-order valence-electron chi connectivity index (χ4n) is 4.93. The van der Waals surface area contributed by atoms with Crippen LogP contribution in [0.1, 0.15) is 32.2 Å². The molecule has 0 bridgehead atoms. The predicted octanol–water partition coefficient (Wildman–Crippen LogP) is 4.65. The number of hydrogen-bond donors (Lipinski definition) is 0. The van der Waals surface area contributed by atoms with Gasteiger partial charge < -0.3 is 9.80 Å². The highest BCUT2D eigenvalue weighted by atomic mass is 16.1. The molecule has 1 aliphatic rings. The molecular weight excluding hydrogens is 408 g/mol. The lowest BCUT2D eigenvalue weighted by atomic mass is 9.68. The summed E-state index contributed by atoms with van der Waals surface area (Å²) in [4.78, 5) is 32.1. The Morgan fingerprint density at radius 1 is 0.727 bits per heavy atom. The average molecular weight is 441 g/mol. The maximum absolute atomic E-state index is 13.8. The van der Waals surface area contributed by atoms with Gasteiger partial charge in [-0.05, 0) is 19.7 Å². The van der Waals surface area contributed by atoms with Crippen molar-refractivity contribution in [2.24, 2.45) is 11.8 Å². The molecule has 0 aromatic heterocycles. The summed E-state index contributed by atoms with van der Waals surface area (Å²) in [5, 5.41) is 0. The molecule has 4 rings (SSSR count). The Labute approximate surface area is 196 Å². The van der Waals surface area contributed by atoms with Crippen molar-refractivity contribution in [3.8, 4) is 0 Å². The highest BCUT2D eigenvalue weighted by Crippen LogP contribution is 2.40. The molecule has 0 spiro atoms. The van der Waals surface area contributed by atoms with Gasteiger partial charge in [0, 0.05) is 55.1 Å². The van der Waals surface area contributed by atoms with Crippen LogP contribution in [0.3, 0.4) is 0 Å². The van der Waals surface area contributed by atoms with Gasteiger partial charge >= 0.3 is 0 Å². The summed E-state index contributed by atoms with van der Waals surface area (Å²) in [6, 6.07) is 29.1. The SMILES string of the molecule is CN(C)CCN1C[C@H](C(=O)c2ccccc2)[C@@H](c2ccccc2)[C@H](C(=O)c2ccccc2)C1. The zero-order chi connectivity index (χ0) is 23.2. The number of ketones is 2. The van der Waals surface area contributed by atoms with E-state index in [0.29, 0.717) is 24.2 Å². The number of carbonyl (C=O) groups excluding carboxylic acids is 2. The van der Waals surface area contributed by atoms with E-state index in [0.717, 1.165) is 18.7 Å². The van der Waals surface area contributed by atoms with Crippen LogP contribution in [-0.4, -0.2) is 61.6 Å². The zero-order valence-corrected chi connectivity index (χ0v) is 19.4. The minimum Gasteiger partial charge on any atom is -0.308 e. The van der Waals surface area contributed by atoms with Gasteiger partial charge in [-0.3, -0.25) is 9.59 Å². The third-order valence-electron chi connectivity index (χ3n) is 6.61. The Bertz CT molecular complexity index is 989. The molecule has 3 aromatic rings. The van der Waals surface area contributed by atoms with Crippen molar-refractivity contribution in [3.63, 3.8) is 0 Å². The number of piperidine rings is 1. The van der Waals surface area contributed by atoms with Crippen molar-refractivity contribution < 1.29 is 9.59 Å². The first-order chi connectivity index (χ1) is 16.0. The Balaban J connectivity index is 1.76. The quantitative estimate of drug-likeness (QED) is 0.478. The molecule has 1 fully saturated rings. The van der Waals surface area contributed by atoms with Crippen molar-refractivity contribution in [1.82, 2.24) is 9.80 Å². The second-order valence-electron chi connectivity index (χ2n) is 9.17. The molecule has 3 atom stereocenters. The number of Topliss-reactive ketones (excluding diaryl/α,β-unsaturated/α-hetero) is 2. The predicted molar refractivity (Wildman–Crippen MR) is 133 cm³/mol. The van der Waals surface area contributed by atoms with Crippen molar-refractivity contribution in [3.05, 3.63) is 108 Å². The molecule has 33 heavy (non-hydrogen) atoms. The lowest BCUT2D eigenvalue weighted by Crippen LogP contribution is -2.51. The van der Waals surface area contributed by atoms with Crippen LogP contribution in [0.4, 0.5) is 0 Å². The smallest absolute Gasteiger partial charge is 0.167 e. The van der Waals surface area contributed by atoms with Gasteiger partial charge in [-0.1, -0.05) is 91.0 Å². The van der Waals surface area contributed by atoms with Crippen molar-refractivity contribution in [2.45, 2.75) is 5.92 Å². The third kappa shape index (κ3) is 5.47. The van der Waals surface area contributed by atoms with Crippen molar-refractivity contribution in [2.75, 3.05) is 40.3 Å². The maximum Gasteiger partial charge on any atom is 0.167 e. The standard InChI is InChI=1S/C29H32N2O2/c1-30(2)18-19-31-20-25(28(32)23-14-8-4-9-15-23)27(22-12-6-3-7-13-22)26(21-31)29(33)24-16-10-5-11-17-24/h3-17,25-27H,18-21H2,1-2H3/t25-,26+,27+. The van der Waals surface area contributed by atoms with E-state index < -0.39 is 0 Å². The molecule has 0 aliphatic carbocycles. The lowest BCUT2D eigenvalue weighted by Gasteiger charge is -2.43. The van der Waals surface area contributed by atoms with E-state index in [2.05, 4.69) is 36.0 Å². The Morgan fingerprint density at radius 2 is 1.15 bits per heavy atom. The highest BCUT2D eigenvalue weighted by Gasteiger charge is 2.44. The molecular formula is C29H32N2O2. The second-order valence-corrected chi connectivity index (χ2v) is 9.17. The molecule has 1 aliphatic heterocycles. The fraction of sp³-hybridized carbons (Fsp3) is 0.310. The largest absolute Gasteiger partial charge is 0.308 e. The maximum atomic E-state index is 13.8. The molecule has 1 heterocycles. The minimum atomic E-state index is -0.289. The molecule has 3 aromatic carbocycles. The van der Waals surface area contributed by atoms with Crippen LogP contribution in [0.15, 0.2) is 91.0 Å². The number of carbonyl (C=O) groups is 2. The van der Waals surface area contributed by atoms with E-state index >= 15 is 0 Å². The number of likely N-dealkylation sites (N-methyl/N-ethyl adjacent to an activating group) is 1. The number of nitrogens with zero attached hydrogens (tertiary/aromatic N) is 2. The molecule has 170 valence electrons. The zero-order valence-electron chi connectivity index (χ0n) is 19.4. The van der Waals surface area contributed by atoms with Gasteiger partial charge in [-0.2, -0.15) is 0 Å².